The van der Waals surface area contributed by atoms with Gasteiger partial charge in [-0.3, -0.25) is 0 Å². The molecule has 13 heavy (non-hydrogen) atoms. The molecular weight excluding hydrogens is 166 g/mol. The fourth-order valence-corrected chi connectivity index (χ4v) is 1.03. The van der Waals surface area contributed by atoms with Crippen LogP contribution in [0.4, 0.5) is 0 Å². The van der Waals surface area contributed by atoms with Crippen molar-refractivity contribution in [3.63, 3.8) is 0 Å². The van der Waals surface area contributed by atoms with E-state index in [-0.39, 0.29) is 12.6 Å². The summed E-state index contributed by atoms with van der Waals surface area (Å²) in [4.78, 5) is 0. The molecule has 3 heteroatoms. The largest absolute Gasteiger partial charge is 0.395 e. The molecule has 0 spiro atoms. The van der Waals surface area contributed by atoms with Crippen molar-refractivity contribution in [2.24, 2.45) is 5.41 Å². The van der Waals surface area contributed by atoms with Crippen LogP contribution in [0.5, 0.6) is 0 Å². The fourth-order valence-electron chi connectivity index (χ4n) is 1.03. The number of nitrogens with one attached hydrogen (secondary N) is 1. The van der Waals surface area contributed by atoms with Gasteiger partial charge in [-0.05, 0) is 18.4 Å². The molecule has 0 aliphatic carbocycles. The van der Waals surface area contributed by atoms with Gasteiger partial charge in [0.25, 0.3) is 0 Å². The highest BCUT2D eigenvalue weighted by molar-refractivity contribution is 4.68. The predicted octanol–water partition coefficient (Wildman–Crippen LogP) is 1.02. The highest BCUT2D eigenvalue weighted by Crippen LogP contribution is 2.16. The molecule has 0 bridgehead atoms. The van der Waals surface area contributed by atoms with E-state index < -0.39 is 0 Å². The van der Waals surface area contributed by atoms with Gasteiger partial charge in [0, 0.05) is 7.11 Å². The topological polar surface area (TPSA) is 41.5 Å². The van der Waals surface area contributed by atoms with Crippen LogP contribution in [-0.2, 0) is 4.74 Å². The van der Waals surface area contributed by atoms with Crippen molar-refractivity contribution in [3.8, 4) is 0 Å². The second-order valence-electron chi connectivity index (χ2n) is 4.60. The van der Waals surface area contributed by atoms with Gasteiger partial charge in [0.05, 0.1) is 19.3 Å². The van der Waals surface area contributed by atoms with Crippen LogP contribution in [0, 0.1) is 5.41 Å². The average molecular weight is 189 g/mol. The Morgan fingerprint density at radius 3 is 2.38 bits per heavy atom. The van der Waals surface area contributed by atoms with Crippen molar-refractivity contribution in [2.75, 3.05) is 26.9 Å². The minimum atomic E-state index is 0.0762. The van der Waals surface area contributed by atoms with Gasteiger partial charge in [0.15, 0.2) is 0 Å². The Hall–Kier alpha value is -0.120. The fraction of sp³-hybridized carbons (Fsp3) is 1.00. The number of rotatable bonds is 6. The van der Waals surface area contributed by atoms with E-state index in [0.29, 0.717) is 12.0 Å². The van der Waals surface area contributed by atoms with Gasteiger partial charge in [0.2, 0.25) is 0 Å². The zero-order valence-electron chi connectivity index (χ0n) is 9.26. The maximum atomic E-state index is 8.94. The van der Waals surface area contributed by atoms with Crippen molar-refractivity contribution >= 4 is 0 Å². The molecule has 0 radical (unpaired) electrons. The maximum Gasteiger partial charge on any atom is 0.0638 e. The number of hydrogen-bond acceptors (Lipinski definition) is 3. The van der Waals surface area contributed by atoms with E-state index in [9.17, 15) is 0 Å². The molecule has 0 saturated heterocycles. The first-order valence-electron chi connectivity index (χ1n) is 4.83. The van der Waals surface area contributed by atoms with E-state index in [4.69, 9.17) is 9.84 Å². The lowest BCUT2D eigenvalue weighted by molar-refractivity contribution is 0.127. The summed E-state index contributed by atoms with van der Waals surface area (Å²) in [6, 6.07) is 0.0762. The summed E-state index contributed by atoms with van der Waals surface area (Å²) in [7, 11) is 1.65. The summed E-state index contributed by atoms with van der Waals surface area (Å²) in [5, 5.41) is 12.2. The van der Waals surface area contributed by atoms with Crippen LogP contribution in [0.1, 0.15) is 27.2 Å². The SMILES string of the molecule is COCC(CO)NCCC(C)(C)C. The zero-order valence-corrected chi connectivity index (χ0v) is 9.26. The van der Waals surface area contributed by atoms with Crippen LogP contribution >= 0.6 is 0 Å². The quantitative estimate of drug-likeness (QED) is 0.655. The van der Waals surface area contributed by atoms with Crippen LogP contribution in [0.25, 0.3) is 0 Å². The van der Waals surface area contributed by atoms with Gasteiger partial charge in [0.1, 0.15) is 0 Å². The van der Waals surface area contributed by atoms with Crippen LogP contribution < -0.4 is 5.32 Å². The third kappa shape index (κ3) is 8.22. The van der Waals surface area contributed by atoms with E-state index in [1.807, 2.05) is 0 Å². The molecule has 0 aromatic rings. The van der Waals surface area contributed by atoms with E-state index in [2.05, 4.69) is 26.1 Å². The minimum absolute atomic E-state index is 0.0762. The van der Waals surface area contributed by atoms with Crippen LogP contribution in [0.3, 0.4) is 0 Å². The molecule has 0 heterocycles. The lowest BCUT2D eigenvalue weighted by Gasteiger charge is -2.21. The highest BCUT2D eigenvalue weighted by Gasteiger charge is 2.11. The molecule has 1 unspecified atom stereocenters. The summed E-state index contributed by atoms with van der Waals surface area (Å²) in [6.07, 6.45) is 1.10. The lowest BCUT2D eigenvalue weighted by atomic mass is 9.92. The third-order valence-electron chi connectivity index (χ3n) is 1.90. The van der Waals surface area contributed by atoms with Gasteiger partial charge in [-0.1, -0.05) is 20.8 Å². The Labute approximate surface area is 81.5 Å². The Bertz CT molecular complexity index is 121. The predicted molar refractivity (Wildman–Crippen MR) is 54.8 cm³/mol. The average Bonchev–Trinajstić information content (AvgIpc) is 2.01. The second-order valence-corrected chi connectivity index (χ2v) is 4.60. The molecule has 2 N–H and O–H groups in total. The van der Waals surface area contributed by atoms with Gasteiger partial charge in [-0.25, -0.2) is 0 Å². The zero-order chi connectivity index (χ0) is 10.3. The molecule has 0 amide bonds. The molecule has 3 nitrogen and oxygen atoms in total. The summed E-state index contributed by atoms with van der Waals surface area (Å²) in [5.74, 6) is 0. The third-order valence-corrected chi connectivity index (χ3v) is 1.90. The number of hydrogen-bond donors (Lipinski definition) is 2. The Kier molecular flexibility index (Phi) is 6.29. The van der Waals surface area contributed by atoms with Crippen molar-refractivity contribution < 1.29 is 9.84 Å². The highest BCUT2D eigenvalue weighted by atomic mass is 16.5. The molecule has 0 aliphatic heterocycles. The van der Waals surface area contributed by atoms with Gasteiger partial charge >= 0.3 is 0 Å². The van der Waals surface area contributed by atoms with Gasteiger partial charge < -0.3 is 15.2 Å². The molecule has 1 atom stereocenters. The van der Waals surface area contributed by atoms with E-state index >= 15 is 0 Å². The molecule has 0 fully saturated rings. The molecule has 0 rings (SSSR count). The lowest BCUT2D eigenvalue weighted by Crippen LogP contribution is -2.38. The molecule has 0 aliphatic rings. The van der Waals surface area contributed by atoms with Crippen molar-refractivity contribution in [2.45, 2.75) is 33.2 Å². The number of aliphatic hydroxyl groups excluding tert-OH is 1. The first kappa shape index (κ1) is 12.9. The van der Waals surface area contributed by atoms with E-state index in [1.165, 1.54) is 0 Å². The molecule has 0 aromatic carbocycles. The monoisotopic (exact) mass is 189 g/mol. The summed E-state index contributed by atoms with van der Waals surface area (Å²) < 4.78 is 4.96. The normalized spacial score (nSPS) is 14.5. The maximum absolute atomic E-state index is 8.94. The summed E-state index contributed by atoms with van der Waals surface area (Å²) >= 11 is 0. The molecule has 0 saturated carbocycles. The van der Waals surface area contributed by atoms with Crippen LogP contribution in [0.15, 0.2) is 0 Å². The first-order valence-corrected chi connectivity index (χ1v) is 4.83. The van der Waals surface area contributed by atoms with Gasteiger partial charge in [-0.2, -0.15) is 0 Å². The number of aliphatic hydroxyl groups is 1. The Balaban J connectivity index is 3.49. The minimum Gasteiger partial charge on any atom is -0.395 e. The van der Waals surface area contributed by atoms with Crippen LogP contribution in [-0.4, -0.2) is 38.0 Å². The number of ether oxygens (including phenoxy) is 1. The summed E-state index contributed by atoms with van der Waals surface area (Å²) in [5.41, 5.74) is 0.347. The summed E-state index contributed by atoms with van der Waals surface area (Å²) in [6.45, 7) is 8.26. The smallest absolute Gasteiger partial charge is 0.0638 e. The standard InChI is InChI=1S/C10H23NO2/c1-10(2,3)5-6-11-9(7-12)8-13-4/h9,11-12H,5-8H2,1-4H3. The molecular formula is C10H23NO2. The Morgan fingerprint density at radius 2 is 2.00 bits per heavy atom. The van der Waals surface area contributed by atoms with Crippen molar-refractivity contribution in [1.29, 1.82) is 0 Å². The van der Waals surface area contributed by atoms with Crippen LogP contribution in [0.2, 0.25) is 0 Å². The molecule has 0 aromatic heterocycles. The Morgan fingerprint density at radius 1 is 1.38 bits per heavy atom. The van der Waals surface area contributed by atoms with Crippen molar-refractivity contribution in [3.05, 3.63) is 0 Å². The van der Waals surface area contributed by atoms with Gasteiger partial charge in [-0.15, -0.1) is 0 Å². The number of methoxy groups -OCH3 is 1. The van der Waals surface area contributed by atoms with E-state index in [1.54, 1.807) is 7.11 Å². The first-order chi connectivity index (χ1) is 5.99. The van der Waals surface area contributed by atoms with Crippen molar-refractivity contribution in [1.82, 2.24) is 5.32 Å². The van der Waals surface area contributed by atoms with E-state index in [0.717, 1.165) is 13.0 Å². The second kappa shape index (κ2) is 6.35. The molecule has 80 valence electrons.